The number of ether oxygens (including phenoxy) is 1. The lowest BCUT2D eigenvalue weighted by molar-refractivity contribution is -0.921. The van der Waals surface area contributed by atoms with E-state index in [1.54, 1.807) is 48.9 Å². The molecule has 2 heterocycles. The zero-order valence-corrected chi connectivity index (χ0v) is 16.3. The van der Waals surface area contributed by atoms with Crippen molar-refractivity contribution >= 4 is 23.4 Å². The topological polar surface area (TPSA) is 98.2 Å². The van der Waals surface area contributed by atoms with E-state index >= 15 is 0 Å². The first-order valence-electron chi connectivity index (χ1n) is 8.93. The van der Waals surface area contributed by atoms with Crippen LogP contribution in [0.15, 0.2) is 69.9 Å². The van der Waals surface area contributed by atoms with Gasteiger partial charge in [0.15, 0.2) is 24.7 Å². The predicted molar refractivity (Wildman–Crippen MR) is 104 cm³/mol. The van der Waals surface area contributed by atoms with Gasteiger partial charge in [0, 0.05) is 5.02 Å². The summed E-state index contributed by atoms with van der Waals surface area (Å²) >= 11 is 5.79. The predicted octanol–water partition coefficient (Wildman–Crippen LogP) is 1.34. The smallest absolute Gasteiger partial charge is 0.293 e. The number of amides is 2. The molecule has 0 saturated carbocycles. The van der Waals surface area contributed by atoms with E-state index in [0.717, 1.165) is 16.4 Å². The number of halogens is 1. The molecular formula is C20H21ClN3O5+. The summed E-state index contributed by atoms with van der Waals surface area (Å²) in [7, 11) is 0. The minimum Gasteiger partial charge on any atom is -0.484 e. The Labute approximate surface area is 172 Å². The van der Waals surface area contributed by atoms with E-state index in [1.165, 1.54) is 0 Å². The van der Waals surface area contributed by atoms with E-state index in [0.29, 0.717) is 23.9 Å². The molecule has 0 radical (unpaired) electrons. The van der Waals surface area contributed by atoms with Crippen LogP contribution in [0.25, 0.3) is 0 Å². The molecule has 8 nitrogen and oxygen atoms in total. The molecule has 2 aromatic heterocycles. The van der Waals surface area contributed by atoms with E-state index in [4.69, 9.17) is 25.2 Å². The normalized spacial score (nSPS) is 10.7. The first-order chi connectivity index (χ1) is 14.1. The second-order valence-electron chi connectivity index (χ2n) is 6.28. The lowest BCUT2D eigenvalue weighted by atomic mass is 10.3. The maximum Gasteiger partial charge on any atom is 0.293 e. The highest BCUT2D eigenvalue weighted by Gasteiger charge is 2.18. The fourth-order valence-corrected chi connectivity index (χ4v) is 2.76. The Morgan fingerprint density at radius 3 is 2.03 bits per heavy atom. The summed E-state index contributed by atoms with van der Waals surface area (Å²) in [6.07, 6.45) is 3.17. The number of rotatable bonds is 9. The Hall–Kier alpha value is -3.23. The van der Waals surface area contributed by atoms with Crippen molar-refractivity contribution in [1.82, 2.24) is 10.9 Å². The van der Waals surface area contributed by atoms with Crippen LogP contribution >= 0.6 is 11.6 Å². The maximum absolute atomic E-state index is 12.3. The monoisotopic (exact) mass is 418 g/mol. The van der Waals surface area contributed by atoms with Gasteiger partial charge in [-0.3, -0.25) is 20.4 Å². The summed E-state index contributed by atoms with van der Waals surface area (Å²) in [5, 5.41) is 0.574. The molecule has 1 aromatic carbocycles. The second kappa shape index (κ2) is 10.4. The molecule has 9 heteroatoms. The van der Waals surface area contributed by atoms with Crippen LogP contribution in [-0.2, 0) is 22.7 Å². The number of furan rings is 2. The van der Waals surface area contributed by atoms with Crippen molar-refractivity contribution in [3.05, 3.63) is 77.6 Å². The van der Waals surface area contributed by atoms with Crippen LogP contribution in [0, 0.1) is 0 Å². The van der Waals surface area contributed by atoms with E-state index in [2.05, 4.69) is 10.9 Å². The molecule has 3 N–H and O–H groups in total. The molecule has 3 aromatic rings. The van der Waals surface area contributed by atoms with Gasteiger partial charge in [-0.1, -0.05) is 11.6 Å². The zero-order chi connectivity index (χ0) is 20.5. The molecule has 29 heavy (non-hydrogen) atoms. The van der Waals surface area contributed by atoms with Crippen molar-refractivity contribution < 1.29 is 28.1 Å². The number of carbonyl (C=O) groups excluding carboxylic acids is 2. The Kier molecular flexibility index (Phi) is 7.32. The van der Waals surface area contributed by atoms with Gasteiger partial charge in [0.2, 0.25) is 0 Å². The van der Waals surface area contributed by atoms with E-state index < -0.39 is 5.91 Å². The quantitative estimate of drug-likeness (QED) is 0.455. The SMILES string of the molecule is O=C(COc1ccc(Cl)cc1)NNC(=O)C[NH+](Cc1ccco1)Cc1ccco1. The van der Waals surface area contributed by atoms with Gasteiger partial charge < -0.3 is 18.5 Å². The fraction of sp³-hybridized carbons (Fsp3) is 0.200. The van der Waals surface area contributed by atoms with Crippen LogP contribution in [-0.4, -0.2) is 25.0 Å². The van der Waals surface area contributed by atoms with Crippen LogP contribution in [0.5, 0.6) is 5.75 Å². The number of benzene rings is 1. The minimum absolute atomic E-state index is 0.111. The number of nitrogens with one attached hydrogen (secondary N) is 3. The van der Waals surface area contributed by atoms with Gasteiger partial charge in [0.25, 0.3) is 11.8 Å². The summed E-state index contributed by atoms with van der Waals surface area (Å²) in [5.41, 5.74) is 4.73. The van der Waals surface area contributed by atoms with Gasteiger partial charge >= 0.3 is 0 Å². The molecule has 0 aliphatic heterocycles. The molecule has 0 aliphatic rings. The Morgan fingerprint density at radius 1 is 0.897 bits per heavy atom. The second-order valence-corrected chi connectivity index (χ2v) is 6.71. The summed E-state index contributed by atoms with van der Waals surface area (Å²) in [5.74, 6) is 1.17. The summed E-state index contributed by atoms with van der Waals surface area (Å²) in [6.45, 7) is 0.862. The highest BCUT2D eigenvalue weighted by Crippen LogP contribution is 2.15. The van der Waals surface area contributed by atoms with E-state index in [-0.39, 0.29) is 19.1 Å². The highest BCUT2D eigenvalue weighted by atomic mass is 35.5. The molecule has 0 bridgehead atoms. The van der Waals surface area contributed by atoms with Crippen molar-refractivity contribution in [1.29, 1.82) is 0 Å². The molecule has 0 atom stereocenters. The third kappa shape index (κ3) is 7.02. The summed E-state index contributed by atoms with van der Waals surface area (Å²) < 4.78 is 16.1. The lowest BCUT2D eigenvalue weighted by Gasteiger charge is -2.17. The Balaban J connectivity index is 1.44. The van der Waals surface area contributed by atoms with Crippen LogP contribution in [0.2, 0.25) is 5.02 Å². The first-order valence-corrected chi connectivity index (χ1v) is 9.30. The van der Waals surface area contributed by atoms with Gasteiger partial charge in [0.1, 0.15) is 18.8 Å². The Morgan fingerprint density at radius 2 is 1.48 bits per heavy atom. The number of hydrogen-bond acceptors (Lipinski definition) is 5. The van der Waals surface area contributed by atoms with Crippen molar-refractivity contribution in [2.24, 2.45) is 0 Å². The third-order valence-electron chi connectivity index (χ3n) is 3.94. The average molecular weight is 419 g/mol. The first kappa shape index (κ1) is 20.5. The maximum atomic E-state index is 12.3. The zero-order valence-electron chi connectivity index (χ0n) is 15.5. The number of quaternary nitrogens is 1. The average Bonchev–Trinajstić information content (AvgIpc) is 3.40. The van der Waals surface area contributed by atoms with Gasteiger partial charge in [0.05, 0.1) is 12.5 Å². The van der Waals surface area contributed by atoms with Gasteiger partial charge in [-0.15, -0.1) is 0 Å². The van der Waals surface area contributed by atoms with Crippen LogP contribution in [0.4, 0.5) is 0 Å². The third-order valence-corrected chi connectivity index (χ3v) is 4.20. The minimum atomic E-state index is -0.480. The Bertz CT molecular complexity index is 859. The molecule has 0 aliphatic carbocycles. The van der Waals surface area contributed by atoms with Crippen molar-refractivity contribution in [3.63, 3.8) is 0 Å². The molecule has 0 spiro atoms. The van der Waals surface area contributed by atoms with E-state index in [9.17, 15) is 9.59 Å². The van der Waals surface area contributed by atoms with Crippen LogP contribution in [0.1, 0.15) is 11.5 Å². The standard InChI is InChI=1S/C20H20ClN3O5/c21-15-5-7-16(8-6-15)29-14-20(26)23-22-19(25)13-24(11-17-3-1-9-27-17)12-18-4-2-10-28-18/h1-10H,11-14H2,(H,22,25)(H,23,26)/p+1. The summed E-state index contributed by atoms with van der Waals surface area (Å²) in [6, 6.07) is 13.9. The lowest BCUT2D eigenvalue weighted by Crippen LogP contribution is -3.10. The molecule has 3 rings (SSSR count). The number of carbonyl (C=O) groups is 2. The van der Waals surface area contributed by atoms with Crippen molar-refractivity contribution in [2.75, 3.05) is 13.2 Å². The van der Waals surface area contributed by atoms with E-state index in [1.807, 2.05) is 12.1 Å². The highest BCUT2D eigenvalue weighted by molar-refractivity contribution is 6.30. The van der Waals surface area contributed by atoms with Gasteiger partial charge in [-0.05, 0) is 48.5 Å². The molecular weight excluding hydrogens is 398 g/mol. The number of hydrogen-bond donors (Lipinski definition) is 3. The summed E-state index contributed by atoms with van der Waals surface area (Å²) in [4.78, 5) is 25.0. The largest absolute Gasteiger partial charge is 0.484 e. The van der Waals surface area contributed by atoms with Gasteiger partial charge in [-0.2, -0.15) is 0 Å². The van der Waals surface area contributed by atoms with Crippen molar-refractivity contribution in [3.8, 4) is 5.75 Å². The van der Waals surface area contributed by atoms with Crippen LogP contribution in [0.3, 0.4) is 0 Å². The molecule has 2 amide bonds. The fourth-order valence-electron chi connectivity index (χ4n) is 2.63. The molecule has 152 valence electrons. The molecule has 0 unspecified atom stereocenters. The number of hydrazine groups is 1. The van der Waals surface area contributed by atoms with Crippen LogP contribution < -0.4 is 20.5 Å². The molecule has 0 fully saturated rings. The van der Waals surface area contributed by atoms with Gasteiger partial charge in [-0.25, -0.2) is 0 Å². The van der Waals surface area contributed by atoms with Crippen molar-refractivity contribution in [2.45, 2.75) is 13.1 Å². The molecule has 0 saturated heterocycles.